The van der Waals surface area contributed by atoms with Crippen LogP contribution in [0.5, 0.6) is 11.5 Å². The van der Waals surface area contributed by atoms with Gasteiger partial charge < -0.3 is 15.5 Å². The number of nitrogens with zero attached hydrogens (tertiary/aromatic N) is 3. The second kappa shape index (κ2) is 6.73. The molecule has 4 aromatic rings. The van der Waals surface area contributed by atoms with Crippen LogP contribution in [0, 0.1) is 6.92 Å². The van der Waals surface area contributed by atoms with Crippen LogP contribution in [0.4, 0.5) is 10.8 Å². The summed E-state index contributed by atoms with van der Waals surface area (Å²) in [4.78, 5) is 9.16. The van der Waals surface area contributed by atoms with Gasteiger partial charge in [0.15, 0.2) is 16.6 Å². The summed E-state index contributed by atoms with van der Waals surface area (Å²) in [6.07, 6.45) is 1.97. The van der Waals surface area contributed by atoms with E-state index in [0.717, 1.165) is 22.7 Å². The first-order valence-electron chi connectivity index (χ1n) is 7.30. The first-order chi connectivity index (χ1) is 11.6. The number of anilines is 2. The number of aromatic nitrogens is 3. The molecule has 25 heavy (non-hydrogen) atoms. The number of aryl methyl sites for hydroxylation is 1. The normalized spacial score (nSPS) is 10.6. The lowest BCUT2D eigenvalue weighted by Crippen LogP contribution is -1.91. The number of benzene rings is 1. The van der Waals surface area contributed by atoms with Crippen molar-refractivity contribution in [3.05, 3.63) is 53.7 Å². The summed E-state index contributed by atoms with van der Waals surface area (Å²) in [5.41, 5.74) is 4.25. The van der Waals surface area contributed by atoms with E-state index in [9.17, 15) is 10.2 Å². The molecule has 1 aromatic carbocycles. The van der Waals surface area contributed by atoms with E-state index in [1.165, 1.54) is 23.5 Å². The average molecular weight is 419 g/mol. The molecule has 0 unspecified atom stereocenters. The maximum Gasteiger partial charge on any atom is 0.187 e. The van der Waals surface area contributed by atoms with Crippen molar-refractivity contribution in [1.82, 2.24) is 14.4 Å². The zero-order valence-electron chi connectivity index (χ0n) is 13.2. The number of hydrogen-bond acceptors (Lipinski definition) is 6. The fourth-order valence-corrected chi connectivity index (χ4v) is 3.30. The van der Waals surface area contributed by atoms with Crippen LogP contribution in [0.15, 0.2) is 48.0 Å². The predicted octanol–water partition coefficient (Wildman–Crippen LogP) is 4.50. The summed E-state index contributed by atoms with van der Waals surface area (Å²) in [6, 6.07) is 10.4. The van der Waals surface area contributed by atoms with Gasteiger partial charge in [0.25, 0.3) is 0 Å². The third-order valence-corrected chi connectivity index (χ3v) is 4.44. The third kappa shape index (κ3) is 3.18. The Morgan fingerprint density at radius 1 is 1.08 bits per heavy atom. The maximum absolute atomic E-state index is 9.57. The number of rotatable bonds is 3. The minimum atomic E-state index is -0.172. The summed E-state index contributed by atoms with van der Waals surface area (Å²) in [5, 5.41) is 24.7. The number of aromatic hydroxyl groups is 2. The van der Waals surface area contributed by atoms with Crippen molar-refractivity contribution in [1.29, 1.82) is 0 Å². The number of pyridine rings is 1. The Balaban J connectivity index is 0.00000182. The lowest BCUT2D eigenvalue weighted by atomic mass is 10.3. The topological polar surface area (TPSA) is 82.7 Å². The van der Waals surface area contributed by atoms with Crippen molar-refractivity contribution in [2.24, 2.45) is 0 Å². The van der Waals surface area contributed by atoms with Crippen molar-refractivity contribution in [3.63, 3.8) is 0 Å². The number of fused-ring (bicyclic) bond motifs is 1. The number of halogens is 1. The molecule has 0 saturated carbocycles. The lowest BCUT2D eigenvalue weighted by molar-refractivity contribution is 0.404. The van der Waals surface area contributed by atoms with E-state index in [0.29, 0.717) is 10.8 Å². The highest BCUT2D eigenvalue weighted by molar-refractivity contribution is 8.93. The molecular formula is C17H15BrN4O2S. The SMILES string of the molecule is Br.Cc1nc2ccccn2c1-c1csc(Nc2ccc(O)c(O)c2)n1. The van der Waals surface area contributed by atoms with Crippen LogP contribution in [0.3, 0.4) is 0 Å². The molecule has 0 aliphatic carbocycles. The summed E-state index contributed by atoms with van der Waals surface area (Å²) < 4.78 is 2.01. The Morgan fingerprint density at radius 3 is 2.72 bits per heavy atom. The Morgan fingerprint density at radius 2 is 1.92 bits per heavy atom. The van der Waals surface area contributed by atoms with Crippen LogP contribution < -0.4 is 5.32 Å². The van der Waals surface area contributed by atoms with Gasteiger partial charge in [-0.25, -0.2) is 9.97 Å². The molecule has 0 aliphatic rings. The molecule has 0 aliphatic heterocycles. The van der Waals surface area contributed by atoms with Crippen molar-refractivity contribution < 1.29 is 10.2 Å². The summed E-state index contributed by atoms with van der Waals surface area (Å²) in [7, 11) is 0. The molecule has 0 fully saturated rings. The van der Waals surface area contributed by atoms with Crippen LogP contribution in [-0.2, 0) is 0 Å². The standard InChI is InChI=1S/C17H14N4O2S.BrH/c1-10-16(21-7-3-2-4-15(21)18-10)12-9-24-17(20-12)19-11-5-6-13(22)14(23)8-11;/h2-9,22-23H,1H3,(H,19,20);1H. The van der Waals surface area contributed by atoms with Gasteiger partial charge in [0.1, 0.15) is 11.3 Å². The minimum absolute atomic E-state index is 0. The number of thiazole rings is 1. The second-order valence-electron chi connectivity index (χ2n) is 5.34. The molecule has 0 spiro atoms. The zero-order valence-corrected chi connectivity index (χ0v) is 15.7. The molecular weight excluding hydrogens is 404 g/mol. The molecule has 128 valence electrons. The van der Waals surface area contributed by atoms with Crippen LogP contribution >= 0.6 is 28.3 Å². The van der Waals surface area contributed by atoms with Gasteiger partial charge in [0, 0.05) is 23.3 Å². The highest BCUT2D eigenvalue weighted by Crippen LogP contribution is 2.32. The van der Waals surface area contributed by atoms with Gasteiger partial charge in [-0.05, 0) is 31.2 Å². The van der Waals surface area contributed by atoms with Gasteiger partial charge in [-0.1, -0.05) is 6.07 Å². The highest BCUT2D eigenvalue weighted by Gasteiger charge is 2.14. The van der Waals surface area contributed by atoms with Crippen LogP contribution in [0.2, 0.25) is 0 Å². The molecule has 0 bridgehead atoms. The fourth-order valence-electron chi connectivity index (χ4n) is 2.59. The zero-order chi connectivity index (χ0) is 16.7. The van der Waals surface area contributed by atoms with E-state index >= 15 is 0 Å². The summed E-state index contributed by atoms with van der Waals surface area (Å²) in [6.45, 7) is 1.97. The summed E-state index contributed by atoms with van der Waals surface area (Å²) >= 11 is 1.46. The molecule has 0 saturated heterocycles. The lowest BCUT2D eigenvalue weighted by Gasteiger charge is -2.04. The Hall–Kier alpha value is -2.58. The molecule has 4 rings (SSSR count). The molecule has 0 amide bonds. The molecule has 0 radical (unpaired) electrons. The average Bonchev–Trinajstić information content (AvgIpc) is 3.14. The number of imidazole rings is 1. The quantitative estimate of drug-likeness (QED) is 0.337. The Labute approximate surface area is 158 Å². The van der Waals surface area contributed by atoms with Gasteiger partial charge in [0.05, 0.1) is 11.4 Å². The number of nitrogens with one attached hydrogen (secondary N) is 1. The van der Waals surface area contributed by atoms with E-state index in [1.807, 2.05) is 41.1 Å². The van der Waals surface area contributed by atoms with Gasteiger partial charge in [-0.15, -0.1) is 28.3 Å². The number of phenolic OH excluding ortho intramolecular Hbond substituents is 2. The molecule has 3 N–H and O–H groups in total. The largest absolute Gasteiger partial charge is 0.504 e. The van der Waals surface area contributed by atoms with Gasteiger partial charge in [-0.2, -0.15) is 0 Å². The minimum Gasteiger partial charge on any atom is -0.504 e. The monoisotopic (exact) mass is 418 g/mol. The summed E-state index contributed by atoms with van der Waals surface area (Å²) in [5.74, 6) is -0.323. The smallest absolute Gasteiger partial charge is 0.187 e. The molecule has 0 atom stereocenters. The van der Waals surface area contributed by atoms with Crippen molar-refractivity contribution in [2.75, 3.05) is 5.32 Å². The number of phenols is 2. The Bertz CT molecular complexity index is 1040. The maximum atomic E-state index is 9.57. The first-order valence-corrected chi connectivity index (χ1v) is 8.18. The first kappa shape index (κ1) is 17.2. The van der Waals surface area contributed by atoms with Crippen LogP contribution in [-0.4, -0.2) is 24.6 Å². The molecule has 6 nitrogen and oxygen atoms in total. The van der Waals surface area contributed by atoms with Crippen molar-refractivity contribution in [3.8, 4) is 22.9 Å². The van der Waals surface area contributed by atoms with Crippen molar-refractivity contribution >= 4 is 44.8 Å². The van der Waals surface area contributed by atoms with E-state index in [1.54, 1.807) is 6.07 Å². The van der Waals surface area contributed by atoms with Gasteiger partial charge >= 0.3 is 0 Å². The van der Waals surface area contributed by atoms with E-state index in [2.05, 4.69) is 15.3 Å². The van der Waals surface area contributed by atoms with E-state index < -0.39 is 0 Å². The number of hydrogen-bond donors (Lipinski definition) is 3. The van der Waals surface area contributed by atoms with E-state index in [4.69, 9.17) is 0 Å². The van der Waals surface area contributed by atoms with Crippen LogP contribution in [0.1, 0.15) is 5.69 Å². The predicted molar refractivity (Wildman–Crippen MR) is 104 cm³/mol. The fraction of sp³-hybridized carbons (Fsp3) is 0.0588. The molecule has 8 heteroatoms. The molecule has 3 heterocycles. The Kier molecular flexibility index (Phi) is 4.65. The second-order valence-corrected chi connectivity index (χ2v) is 6.20. The van der Waals surface area contributed by atoms with Crippen molar-refractivity contribution in [2.45, 2.75) is 6.92 Å². The molecule has 3 aromatic heterocycles. The van der Waals surface area contributed by atoms with Crippen LogP contribution in [0.25, 0.3) is 17.0 Å². The van der Waals surface area contributed by atoms with Gasteiger partial charge in [-0.3, -0.25) is 4.40 Å². The highest BCUT2D eigenvalue weighted by atomic mass is 79.9. The third-order valence-electron chi connectivity index (χ3n) is 3.68. The van der Waals surface area contributed by atoms with Gasteiger partial charge in [0.2, 0.25) is 0 Å². The van der Waals surface area contributed by atoms with E-state index in [-0.39, 0.29) is 28.5 Å².